The van der Waals surface area contributed by atoms with Gasteiger partial charge in [0.05, 0.1) is 18.3 Å². The smallest absolute Gasteiger partial charge is 0.257 e. The molecule has 0 saturated heterocycles. The largest absolute Gasteiger partial charge is 0.347 e. The first-order chi connectivity index (χ1) is 8.32. The van der Waals surface area contributed by atoms with E-state index in [1.807, 2.05) is 0 Å². The normalized spacial score (nSPS) is 10.1. The molecular formula is C11H13ClFN3O2. The molecule has 0 aliphatic heterocycles. The maximum Gasteiger partial charge on any atom is 0.257 e. The van der Waals surface area contributed by atoms with E-state index >= 15 is 0 Å². The minimum absolute atomic E-state index is 0.0641. The van der Waals surface area contributed by atoms with Gasteiger partial charge < -0.3 is 9.80 Å². The zero-order chi connectivity index (χ0) is 13.9. The molecule has 0 unspecified atom stereocenters. The van der Waals surface area contributed by atoms with Crippen LogP contribution in [0.5, 0.6) is 0 Å². The van der Waals surface area contributed by atoms with Crippen molar-refractivity contribution in [3.63, 3.8) is 0 Å². The van der Waals surface area contributed by atoms with E-state index in [1.54, 1.807) is 14.1 Å². The molecule has 0 aliphatic rings. The summed E-state index contributed by atoms with van der Waals surface area (Å²) in [5, 5.41) is -0.0921. The van der Waals surface area contributed by atoms with Crippen LogP contribution in [0.1, 0.15) is 10.4 Å². The summed E-state index contributed by atoms with van der Waals surface area (Å²) in [4.78, 5) is 29.4. The van der Waals surface area contributed by atoms with Crippen molar-refractivity contribution in [2.45, 2.75) is 0 Å². The Morgan fingerprint density at radius 2 is 2.00 bits per heavy atom. The van der Waals surface area contributed by atoms with Gasteiger partial charge in [-0.05, 0) is 6.07 Å². The Labute approximate surface area is 109 Å². The van der Waals surface area contributed by atoms with Crippen LogP contribution < -0.4 is 0 Å². The highest BCUT2D eigenvalue weighted by molar-refractivity contribution is 6.32. The van der Waals surface area contributed by atoms with Gasteiger partial charge in [-0.2, -0.15) is 0 Å². The fraction of sp³-hybridized carbons (Fsp3) is 0.364. The Morgan fingerprint density at radius 3 is 2.56 bits per heavy atom. The monoisotopic (exact) mass is 273 g/mol. The lowest BCUT2D eigenvalue weighted by Gasteiger charge is -2.19. The van der Waals surface area contributed by atoms with Gasteiger partial charge in [0.25, 0.3) is 5.91 Å². The number of carbonyl (C=O) groups excluding carboxylic acids is 2. The Hall–Kier alpha value is -1.69. The molecule has 5 nitrogen and oxygen atoms in total. The van der Waals surface area contributed by atoms with Gasteiger partial charge in [-0.3, -0.25) is 9.59 Å². The van der Waals surface area contributed by atoms with E-state index < -0.39 is 11.7 Å². The summed E-state index contributed by atoms with van der Waals surface area (Å²) < 4.78 is 13.0. The van der Waals surface area contributed by atoms with Crippen molar-refractivity contribution in [1.29, 1.82) is 0 Å². The maximum atomic E-state index is 13.0. The van der Waals surface area contributed by atoms with Gasteiger partial charge in [-0.1, -0.05) is 11.6 Å². The van der Waals surface area contributed by atoms with Crippen molar-refractivity contribution >= 4 is 23.4 Å². The van der Waals surface area contributed by atoms with E-state index in [4.69, 9.17) is 11.6 Å². The number of amides is 2. The molecule has 0 spiro atoms. The average molecular weight is 274 g/mol. The van der Waals surface area contributed by atoms with Gasteiger partial charge in [-0.25, -0.2) is 9.37 Å². The molecular weight excluding hydrogens is 261 g/mol. The number of hydrogen-bond acceptors (Lipinski definition) is 3. The third-order valence-electron chi connectivity index (χ3n) is 2.25. The molecule has 2 amide bonds. The summed E-state index contributed by atoms with van der Waals surface area (Å²) in [6.07, 6.45) is 0.921. The lowest BCUT2D eigenvalue weighted by Crippen LogP contribution is -2.37. The number of likely N-dealkylation sites (N-methyl/N-ethyl adjacent to an activating group) is 2. The SMILES string of the molecule is CN(C)C(=O)CN(C)C(=O)c1cc(F)cnc1Cl. The lowest BCUT2D eigenvalue weighted by atomic mass is 10.2. The highest BCUT2D eigenvalue weighted by atomic mass is 35.5. The van der Waals surface area contributed by atoms with Gasteiger partial charge in [0.2, 0.25) is 5.91 Å². The Kier molecular flexibility index (Phi) is 4.61. The van der Waals surface area contributed by atoms with Gasteiger partial charge in [0, 0.05) is 21.1 Å². The Balaban J connectivity index is 2.87. The zero-order valence-corrected chi connectivity index (χ0v) is 11.0. The van der Waals surface area contributed by atoms with Crippen molar-refractivity contribution < 1.29 is 14.0 Å². The highest BCUT2D eigenvalue weighted by Gasteiger charge is 2.19. The molecule has 0 atom stereocenters. The second kappa shape index (κ2) is 5.77. The third kappa shape index (κ3) is 3.40. The Bertz CT molecular complexity index is 479. The van der Waals surface area contributed by atoms with E-state index in [2.05, 4.69) is 4.98 Å². The van der Waals surface area contributed by atoms with Gasteiger partial charge >= 0.3 is 0 Å². The summed E-state index contributed by atoms with van der Waals surface area (Å²) in [6, 6.07) is 0.994. The minimum atomic E-state index is -0.657. The van der Waals surface area contributed by atoms with Crippen LogP contribution >= 0.6 is 11.6 Å². The highest BCUT2D eigenvalue weighted by Crippen LogP contribution is 2.15. The number of rotatable bonds is 3. The van der Waals surface area contributed by atoms with Crippen molar-refractivity contribution in [1.82, 2.24) is 14.8 Å². The topological polar surface area (TPSA) is 53.5 Å². The van der Waals surface area contributed by atoms with E-state index in [-0.39, 0.29) is 23.2 Å². The summed E-state index contributed by atoms with van der Waals surface area (Å²) >= 11 is 5.71. The number of carbonyl (C=O) groups is 2. The van der Waals surface area contributed by atoms with E-state index in [0.717, 1.165) is 17.2 Å². The standard InChI is InChI=1S/C11H13ClFN3O2/c1-15(2)9(17)6-16(3)11(18)8-4-7(13)5-14-10(8)12/h4-5H,6H2,1-3H3. The van der Waals surface area contributed by atoms with Crippen molar-refractivity contribution in [3.8, 4) is 0 Å². The molecule has 0 N–H and O–H groups in total. The summed E-state index contributed by atoms with van der Waals surface area (Å²) in [5.74, 6) is -1.45. The first kappa shape index (κ1) is 14.4. The first-order valence-corrected chi connectivity index (χ1v) is 5.47. The van der Waals surface area contributed by atoms with Crippen LogP contribution in [0.3, 0.4) is 0 Å². The Morgan fingerprint density at radius 1 is 1.39 bits per heavy atom. The van der Waals surface area contributed by atoms with Gasteiger partial charge in [0.15, 0.2) is 0 Å². The average Bonchev–Trinajstić information content (AvgIpc) is 2.31. The van der Waals surface area contributed by atoms with E-state index in [9.17, 15) is 14.0 Å². The van der Waals surface area contributed by atoms with E-state index in [1.165, 1.54) is 11.9 Å². The molecule has 0 aliphatic carbocycles. The fourth-order valence-corrected chi connectivity index (χ4v) is 1.38. The molecule has 0 radical (unpaired) electrons. The molecule has 0 bridgehead atoms. The van der Waals surface area contributed by atoms with Gasteiger partial charge in [0.1, 0.15) is 11.0 Å². The van der Waals surface area contributed by atoms with Crippen LogP contribution in [0.25, 0.3) is 0 Å². The zero-order valence-electron chi connectivity index (χ0n) is 10.3. The van der Waals surface area contributed by atoms with Crippen LogP contribution in [0.4, 0.5) is 4.39 Å². The summed E-state index contributed by atoms with van der Waals surface area (Å²) in [7, 11) is 4.60. The molecule has 1 rings (SSSR count). The molecule has 1 aromatic rings. The number of aromatic nitrogens is 1. The number of nitrogens with zero attached hydrogens (tertiary/aromatic N) is 3. The molecule has 1 aromatic heterocycles. The van der Waals surface area contributed by atoms with E-state index in [0.29, 0.717) is 0 Å². The van der Waals surface area contributed by atoms with Crippen LogP contribution in [0, 0.1) is 5.82 Å². The second-order valence-corrected chi connectivity index (χ2v) is 4.30. The van der Waals surface area contributed by atoms with Crippen LogP contribution in [-0.2, 0) is 4.79 Å². The molecule has 0 fully saturated rings. The number of pyridine rings is 1. The van der Waals surface area contributed by atoms with Crippen molar-refractivity contribution in [2.75, 3.05) is 27.7 Å². The van der Waals surface area contributed by atoms with Crippen LogP contribution in [0.15, 0.2) is 12.3 Å². The number of hydrogen-bond donors (Lipinski definition) is 0. The predicted octanol–water partition coefficient (Wildman–Crippen LogP) is 1.03. The fourth-order valence-electron chi connectivity index (χ4n) is 1.19. The molecule has 1 heterocycles. The third-order valence-corrected chi connectivity index (χ3v) is 2.56. The maximum absolute atomic E-state index is 13.0. The van der Waals surface area contributed by atoms with Crippen molar-refractivity contribution in [2.24, 2.45) is 0 Å². The van der Waals surface area contributed by atoms with Crippen LogP contribution in [-0.4, -0.2) is 54.3 Å². The number of halogens is 2. The van der Waals surface area contributed by atoms with Crippen LogP contribution in [0.2, 0.25) is 5.15 Å². The first-order valence-electron chi connectivity index (χ1n) is 5.09. The summed E-state index contributed by atoms with van der Waals surface area (Å²) in [6.45, 7) is -0.112. The second-order valence-electron chi connectivity index (χ2n) is 3.94. The van der Waals surface area contributed by atoms with Crippen molar-refractivity contribution in [3.05, 3.63) is 28.8 Å². The molecule has 0 aromatic carbocycles. The predicted molar refractivity (Wildman–Crippen MR) is 64.9 cm³/mol. The van der Waals surface area contributed by atoms with Gasteiger partial charge in [-0.15, -0.1) is 0 Å². The summed E-state index contributed by atoms with van der Waals surface area (Å²) in [5.41, 5.74) is -0.0641. The lowest BCUT2D eigenvalue weighted by molar-refractivity contribution is -0.129. The molecule has 7 heteroatoms. The molecule has 98 valence electrons. The molecule has 0 saturated carbocycles. The molecule has 18 heavy (non-hydrogen) atoms. The quantitative estimate of drug-likeness (QED) is 0.773. The minimum Gasteiger partial charge on any atom is -0.347 e.